The molecule has 19 heavy (non-hydrogen) atoms. The number of carbonyl (C=O) groups excluding carboxylic acids is 1. The van der Waals surface area contributed by atoms with Gasteiger partial charge in [-0.2, -0.15) is 0 Å². The van der Waals surface area contributed by atoms with Crippen LogP contribution in [0.1, 0.15) is 20.3 Å². The third kappa shape index (κ3) is 3.33. The van der Waals surface area contributed by atoms with Crippen molar-refractivity contribution >= 4 is 11.7 Å². The third-order valence-corrected chi connectivity index (χ3v) is 3.18. The highest BCUT2D eigenvalue weighted by Crippen LogP contribution is 2.15. The lowest BCUT2D eigenvalue weighted by Gasteiger charge is -2.35. The molecule has 1 aliphatic heterocycles. The van der Waals surface area contributed by atoms with Crippen LogP contribution in [0, 0.1) is 0 Å². The summed E-state index contributed by atoms with van der Waals surface area (Å²) in [4.78, 5) is 15.6. The predicted octanol–water partition coefficient (Wildman–Crippen LogP) is 0.934. The molecule has 1 saturated heterocycles. The van der Waals surface area contributed by atoms with Crippen molar-refractivity contribution in [2.75, 3.05) is 37.7 Å². The molecule has 0 radical (unpaired) electrons. The average molecular weight is 264 g/mol. The van der Waals surface area contributed by atoms with Crippen LogP contribution in [-0.4, -0.2) is 53.8 Å². The van der Waals surface area contributed by atoms with Crippen LogP contribution in [0.15, 0.2) is 12.1 Å². The molecular formula is C13H20N4O2. The van der Waals surface area contributed by atoms with E-state index in [-0.39, 0.29) is 5.91 Å². The van der Waals surface area contributed by atoms with E-state index >= 15 is 0 Å². The SMILES string of the molecule is CCOc1ccc(N2CCN(C(=O)CC)CC2)nn1. The Morgan fingerprint density at radius 3 is 2.47 bits per heavy atom. The van der Waals surface area contributed by atoms with Crippen LogP contribution in [0.2, 0.25) is 0 Å². The number of hydrogen-bond donors (Lipinski definition) is 0. The highest BCUT2D eigenvalue weighted by Gasteiger charge is 2.20. The highest BCUT2D eigenvalue weighted by molar-refractivity contribution is 5.76. The maximum Gasteiger partial charge on any atom is 0.233 e. The maximum absolute atomic E-state index is 11.6. The van der Waals surface area contributed by atoms with Crippen LogP contribution in [-0.2, 0) is 4.79 Å². The summed E-state index contributed by atoms with van der Waals surface area (Å²) in [5, 5.41) is 8.18. The first-order valence-electron chi connectivity index (χ1n) is 6.73. The molecule has 2 rings (SSSR count). The van der Waals surface area contributed by atoms with Crippen molar-refractivity contribution in [1.29, 1.82) is 0 Å². The molecule has 6 nitrogen and oxygen atoms in total. The number of carbonyl (C=O) groups is 1. The molecule has 0 unspecified atom stereocenters. The summed E-state index contributed by atoms with van der Waals surface area (Å²) >= 11 is 0. The Hall–Kier alpha value is -1.85. The van der Waals surface area contributed by atoms with Crippen molar-refractivity contribution in [3.05, 3.63) is 12.1 Å². The molecule has 1 aromatic heterocycles. The molecule has 0 saturated carbocycles. The number of amides is 1. The number of piperazine rings is 1. The molecular weight excluding hydrogens is 244 g/mol. The fraction of sp³-hybridized carbons (Fsp3) is 0.615. The van der Waals surface area contributed by atoms with Gasteiger partial charge in [-0.1, -0.05) is 6.92 Å². The molecule has 0 aliphatic carbocycles. The van der Waals surface area contributed by atoms with Gasteiger partial charge >= 0.3 is 0 Å². The summed E-state index contributed by atoms with van der Waals surface area (Å²) in [5.74, 6) is 1.61. The zero-order chi connectivity index (χ0) is 13.7. The lowest BCUT2D eigenvalue weighted by Crippen LogP contribution is -2.48. The van der Waals surface area contributed by atoms with E-state index in [1.165, 1.54) is 0 Å². The molecule has 1 amide bonds. The van der Waals surface area contributed by atoms with Gasteiger partial charge in [-0.15, -0.1) is 10.2 Å². The molecule has 0 bridgehead atoms. The molecule has 0 atom stereocenters. The minimum absolute atomic E-state index is 0.220. The number of ether oxygens (including phenoxy) is 1. The normalized spacial score (nSPS) is 15.5. The van der Waals surface area contributed by atoms with E-state index in [0.717, 1.165) is 32.0 Å². The number of aromatic nitrogens is 2. The van der Waals surface area contributed by atoms with Gasteiger partial charge in [-0.3, -0.25) is 4.79 Å². The zero-order valence-electron chi connectivity index (χ0n) is 11.5. The Bertz CT molecular complexity index is 413. The summed E-state index contributed by atoms with van der Waals surface area (Å²) < 4.78 is 5.27. The Labute approximate surface area is 113 Å². The van der Waals surface area contributed by atoms with Gasteiger partial charge in [0, 0.05) is 38.7 Å². The van der Waals surface area contributed by atoms with Crippen LogP contribution in [0.5, 0.6) is 5.88 Å². The number of hydrogen-bond acceptors (Lipinski definition) is 5. The van der Waals surface area contributed by atoms with Gasteiger partial charge in [0.15, 0.2) is 5.82 Å². The van der Waals surface area contributed by atoms with Crippen molar-refractivity contribution in [2.24, 2.45) is 0 Å². The second-order valence-corrected chi connectivity index (χ2v) is 4.38. The molecule has 6 heteroatoms. The van der Waals surface area contributed by atoms with Gasteiger partial charge in [0.2, 0.25) is 11.8 Å². The van der Waals surface area contributed by atoms with Crippen LogP contribution in [0.25, 0.3) is 0 Å². The number of nitrogens with zero attached hydrogens (tertiary/aromatic N) is 4. The summed E-state index contributed by atoms with van der Waals surface area (Å²) in [6.07, 6.45) is 0.572. The van der Waals surface area contributed by atoms with Gasteiger partial charge in [0.1, 0.15) is 0 Å². The monoisotopic (exact) mass is 264 g/mol. The van der Waals surface area contributed by atoms with Crippen molar-refractivity contribution < 1.29 is 9.53 Å². The van der Waals surface area contributed by atoms with E-state index in [2.05, 4.69) is 15.1 Å². The highest BCUT2D eigenvalue weighted by atomic mass is 16.5. The fourth-order valence-electron chi connectivity index (χ4n) is 2.12. The van der Waals surface area contributed by atoms with Crippen molar-refractivity contribution in [2.45, 2.75) is 20.3 Å². The minimum Gasteiger partial charge on any atom is -0.477 e. The summed E-state index contributed by atoms with van der Waals surface area (Å²) in [6, 6.07) is 3.74. The smallest absolute Gasteiger partial charge is 0.233 e. The molecule has 0 N–H and O–H groups in total. The third-order valence-electron chi connectivity index (χ3n) is 3.18. The van der Waals surface area contributed by atoms with Crippen LogP contribution < -0.4 is 9.64 Å². The van der Waals surface area contributed by atoms with Crippen LogP contribution in [0.3, 0.4) is 0 Å². The second-order valence-electron chi connectivity index (χ2n) is 4.38. The molecule has 1 aromatic rings. The Balaban J connectivity index is 1.92. The van der Waals surface area contributed by atoms with Crippen molar-refractivity contribution in [1.82, 2.24) is 15.1 Å². The maximum atomic E-state index is 11.6. The second kappa shape index (κ2) is 6.36. The molecule has 1 aliphatic rings. The zero-order valence-corrected chi connectivity index (χ0v) is 11.5. The van der Waals surface area contributed by atoms with Gasteiger partial charge in [0.25, 0.3) is 0 Å². The van der Waals surface area contributed by atoms with Crippen LogP contribution in [0.4, 0.5) is 5.82 Å². The van der Waals surface area contributed by atoms with E-state index in [0.29, 0.717) is 18.9 Å². The lowest BCUT2D eigenvalue weighted by atomic mass is 10.3. The molecule has 0 aromatic carbocycles. The van der Waals surface area contributed by atoms with Gasteiger partial charge in [0.05, 0.1) is 6.61 Å². The van der Waals surface area contributed by atoms with Gasteiger partial charge in [-0.05, 0) is 13.0 Å². The Kier molecular flexibility index (Phi) is 4.54. The first-order valence-corrected chi connectivity index (χ1v) is 6.73. The quantitative estimate of drug-likeness (QED) is 0.810. The molecule has 104 valence electrons. The predicted molar refractivity (Wildman–Crippen MR) is 72.3 cm³/mol. The van der Waals surface area contributed by atoms with E-state index in [1.54, 1.807) is 0 Å². The van der Waals surface area contributed by atoms with E-state index in [4.69, 9.17) is 4.74 Å². The van der Waals surface area contributed by atoms with Crippen molar-refractivity contribution in [3.63, 3.8) is 0 Å². The molecule has 1 fully saturated rings. The Morgan fingerprint density at radius 1 is 1.21 bits per heavy atom. The molecule has 2 heterocycles. The molecule has 0 spiro atoms. The van der Waals surface area contributed by atoms with E-state index in [1.807, 2.05) is 30.9 Å². The number of anilines is 1. The minimum atomic E-state index is 0.220. The summed E-state index contributed by atoms with van der Waals surface area (Å²) in [7, 11) is 0. The van der Waals surface area contributed by atoms with E-state index in [9.17, 15) is 4.79 Å². The van der Waals surface area contributed by atoms with E-state index < -0.39 is 0 Å². The Morgan fingerprint density at radius 2 is 1.95 bits per heavy atom. The topological polar surface area (TPSA) is 58.6 Å². The fourth-order valence-corrected chi connectivity index (χ4v) is 2.12. The van der Waals surface area contributed by atoms with Crippen LogP contribution >= 0.6 is 0 Å². The lowest BCUT2D eigenvalue weighted by molar-refractivity contribution is -0.131. The van der Waals surface area contributed by atoms with Gasteiger partial charge in [-0.25, -0.2) is 0 Å². The van der Waals surface area contributed by atoms with Gasteiger partial charge < -0.3 is 14.5 Å². The summed E-state index contributed by atoms with van der Waals surface area (Å²) in [5.41, 5.74) is 0. The first-order chi connectivity index (χ1) is 9.24. The summed E-state index contributed by atoms with van der Waals surface area (Å²) in [6.45, 7) is 7.50. The first kappa shape index (κ1) is 13.6. The largest absolute Gasteiger partial charge is 0.477 e. The van der Waals surface area contributed by atoms with Crippen molar-refractivity contribution in [3.8, 4) is 5.88 Å². The number of rotatable bonds is 4. The average Bonchev–Trinajstić information content (AvgIpc) is 2.48. The standard InChI is InChI=1S/C13H20N4O2/c1-3-13(18)17-9-7-16(8-10-17)11-5-6-12(15-14-11)19-4-2/h5-6H,3-4,7-10H2,1-2H3.